The molecule has 12 nitrogen and oxygen atoms in total. The number of fused-ring (bicyclic) bond motifs is 3. The first-order valence-electron chi connectivity index (χ1n) is 15.6. The molecule has 0 spiro atoms. The summed E-state index contributed by atoms with van der Waals surface area (Å²) in [5, 5.41) is 5.60. The quantitative estimate of drug-likeness (QED) is 0.252. The first-order chi connectivity index (χ1) is 23.1. The van der Waals surface area contributed by atoms with Crippen molar-refractivity contribution in [2.75, 3.05) is 20.2 Å². The number of pyridine rings is 1. The van der Waals surface area contributed by atoms with Crippen LogP contribution in [0.15, 0.2) is 48.8 Å². The Morgan fingerprint density at radius 2 is 1.63 bits per heavy atom. The number of nitrogens with two attached hydrogens (primary N) is 1. The zero-order valence-corrected chi connectivity index (χ0v) is 29.4. The molecule has 3 amide bonds. The second kappa shape index (κ2) is 12.9. The zero-order chi connectivity index (χ0) is 35.4. The van der Waals surface area contributed by atoms with Crippen LogP contribution in [0.2, 0.25) is 10.0 Å². The third-order valence-electron chi connectivity index (χ3n) is 8.33. The van der Waals surface area contributed by atoms with Crippen LogP contribution >= 0.6 is 23.2 Å². The highest BCUT2D eigenvalue weighted by molar-refractivity contribution is 6.34. The smallest absolute Gasteiger partial charge is 0.410 e. The molecule has 1 fully saturated rings. The summed E-state index contributed by atoms with van der Waals surface area (Å²) in [7, 11) is 1.55. The molecule has 256 valence electrons. The lowest BCUT2D eigenvalue weighted by Gasteiger charge is -2.44. The van der Waals surface area contributed by atoms with E-state index in [1.54, 1.807) is 52.1 Å². The van der Waals surface area contributed by atoms with Crippen LogP contribution in [0.1, 0.15) is 61.0 Å². The third kappa shape index (κ3) is 6.62. The lowest BCUT2D eigenvalue weighted by molar-refractivity contribution is -0.00516. The molecule has 1 saturated heterocycles. The van der Waals surface area contributed by atoms with Crippen molar-refractivity contribution in [3.63, 3.8) is 0 Å². The summed E-state index contributed by atoms with van der Waals surface area (Å²) in [6.07, 6.45) is 2.58. The predicted molar refractivity (Wildman–Crippen MR) is 185 cm³/mol. The largest absolute Gasteiger partial charge is 0.496 e. The Bertz CT molecular complexity index is 1960. The van der Waals surface area contributed by atoms with E-state index in [0.717, 1.165) is 5.56 Å². The molecule has 2 atom stereocenters. The van der Waals surface area contributed by atoms with Crippen molar-refractivity contribution in [3.8, 4) is 39.6 Å². The summed E-state index contributed by atoms with van der Waals surface area (Å²) in [5.41, 5.74) is 8.96. The van der Waals surface area contributed by atoms with Crippen molar-refractivity contribution in [3.05, 3.63) is 75.7 Å². The van der Waals surface area contributed by atoms with E-state index >= 15 is 0 Å². The highest BCUT2D eigenvalue weighted by Gasteiger charge is 2.41. The van der Waals surface area contributed by atoms with Crippen LogP contribution in [-0.2, 0) is 11.3 Å². The fourth-order valence-electron chi connectivity index (χ4n) is 6.31. The van der Waals surface area contributed by atoms with E-state index in [1.807, 2.05) is 46.8 Å². The average molecular weight is 708 g/mol. The molecule has 0 radical (unpaired) electrons. The van der Waals surface area contributed by atoms with Crippen LogP contribution in [0.25, 0.3) is 28.1 Å². The summed E-state index contributed by atoms with van der Waals surface area (Å²) >= 11 is 12.9. The number of nitrogens with zero attached hydrogens (tertiary/aromatic N) is 5. The second-order valence-corrected chi connectivity index (χ2v) is 14.1. The minimum atomic E-state index is -0.649. The molecule has 2 aromatic carbocycles. The number of rotatable bonds is 5. The van der Waals surface area contributed by atoms with Crippen molar-refractivity contribution < 1.29 is 28.6 Å². The Morgan fingerprint density at radius 3 is 2.24 bits per heavy atom. The lowest BCUT2D eigenvalue weighted by Crippen LogP contribution is -2.60. The molecule has 2 N–H and O–H groups in total. The van der Waals surface area contributed by atoms with E-state index in [9.17, 15) is 14.4 Å². The molecule has 0 bridgehead atoms. The molecule has 4 heterocycles. The van der Waals surface area contributed by atoms with Gasteiger partial charge < -0.3 is 29.7 Å². The molecular formula is C35H36Cl2N6O6. The topological polar surface area (TPSA) is 142 Å². The van der Waals surface area contributed by atoms with Crippen LogP contribution in [0.3, 0.4) is 0 Å². The number of benzene rings is 2. The van der Waals surface area contributed by atoms with Gasteiger partial charge in [0.1, 0.15) is 23.7 Å². The minimum absolute atomic E-state index is 0.0935. The van der Waals surface area contributed by atoms with Crippen molar-refractivity contribution in [1.29, 1.82) is 0 Å². The fraction of sp³-hybridized carbons (Fsp3) is 0.343. The van der Waals surface area contributed by atoms with Crippen LogP contribution in [0.5, 0.6) is 11.5 Å². The van der Waals surface area contributed by atoms with Crippen molar-refractivity contribution in [2.24, 2.45) is 5.73 Å². The Hall–Kier alpha value is -4.81. The summed E-state index contributed by atoms with van der Waals surface area (Å²) in [6, 6.07) is 9.65. The molecular weight excluding hydrogens is 671 g/mol. The molecule has 2 aliphatic rings. The molecule has 2 aliphatic heterocycles. The van der Waals surface area contributed by atoms with Gasteiger partial charge >= 0.3 is 6.09 Å². The number of amides is 3. The van der Waals surface area contributed by atoms with Gasteiger partial charge in [-0.15, -0.1) is 0 Å². The number of hydrogen-bond acceptors (Lipinski definition) is 8. The number of carbonyl (C=O) groups excluding carboxylic acids is 3. The van der Waals surface area contributed by atoms with Gasteiger partial charge in [-0.05, 0) is 71.0 Å². The Balaban J connectivity index is 1.48. The maximum absolute atomic E-state index is 14.5. The summed E-state index contributed by atoms with van der Waals surface area (Å²) in [6.45, 7) is 9.90. The highest BCUT2D eigenvalue weighted by atomic mass is 35.5. The van der Waals surface area contributed by atoms with E-state index in [1.165, 1.54) is 6.20 Å². The number of aromatic nitrogens is 3. The van der Waals surface area contributed by atoms with E-state index in [-0.39, 0.29) is 54.7 Å². The van der Waals surface area contributed by atoms with Gasteiger partial charge in [-0.3, -0.25) is 14.6 Å². The highest BCUT2D eigenvalue weighted by Crippen LogP contribution is 2.46. The SMILES string of the molecule is COc1cc2c(cc1-c1cncc(C(N)=O)c1)-c1c(c(C(=O)N3C(C)CN(C(=O)OC(C)(C)C)CC3C)nn1-c1cc(Cl)cc(Cl)c1)OC2. The monoisotopic (exact) mass is 706 g/mol. The van der Waals surface area contributed by atoms with Crippen LogP contribution in [0.4, 0.5) is 4.79 Å². The van der Waals surface area contributed by atoms with Gasteiger partial charge in [-0.25, -0.2) is 9.48 Å². The molecule has 0 aliphatic carbocycles. The van der Waals surface area contributed by atoms with Gasteiger partial charge in [-0.2, -0.15) is 5.10 Å². The zero-order valence-electron chi connectivity index (χ0n) is 27.9. The molecule has 2 aromatic heterocycles. The summed E-state index contributed by atoms with van der Waals surface area (Å²) in [4.78, 5) is 46.9. The van der Waals surface area contributed by atoms with Crippen LogP contribution in [0, 0.1) is 0 Å². The number of hydrogen-bond donors (Lipinski definition) is 1. The number of piperazine rings is 1. The summed E-state index contributed by atoms with van der Waals surface area (Å²) in [5.74, 6) is -0.172. The molecule has 2 unspecified atom stereocenters. The van der Waals surface area contributed by atoms with Crippen molar-refractivity contribution in [1.82, 2.24) is 24.6 Å². The van der Waals surface area contributed by atoms with Gasteiger partial charge in [0.25, 0.3) is 5.91 Å². The number of halogens is 2. The lowest BCUT2D eigenvalue weighted by atomic mass is 9.94. The number of primary amides is 1. The third-order valence-corrected chi connectivity index (χ3v) is 8.76. The van der Waals surface area contributed by atoms with E-state index in [0.29, 0.717) is 43.9 Å². The molecule has 6 rings (SSSR count). The van der Waals surface area contributed by atoms with Gasteiger partial charge in [0.05, 0.1) is 18.4 Å². The maximum Gasteiger partial charge on any atom is 0.410 e. The van der Waals surface area contributed by atoms with E-state index < -0.39 is 17.6 Å². The molecule has 0 saturated carbocycles. The van der Waals surface area contributed by atoms with Crippen LogP contribution < -0.4 is 15.2 Å². The molecule has 4 aromatic rings. The Kier molecular flexibility index (Phi) is 8.97. The first kappa shape index (κ1) is 34.1. The van der Waals surface area contributed by atoms with Gasteiger partial charge in [0.15, 0.2) is 11.4 Å². The Morgan fingerprint density at radius 1 is 0.959 bits per heavy atom. The van der Waals surface area contributed by atoms with Crippen molar-refractivity contribution >= 4 is 41.1 Å². The van der Waals surface area contributed by atoms with Gasteiger partial charge in [-0.1, -0.05) is 23.2 Å². The fourth-order valence-corrected chi connectivity index (χ4v) is 6.83. The Labute approximate surface area is 293 Å². The average Bonchev–Trinajstić information content (AvgIpc) is 3.43. The van der Waals surface area contributed by atoms with Gasteiger partial charge in [0, 0.05) is 69.9 Å². The maximum atomic E-state index is 14.5. The molecule has 49 heavy (non-hydrogen) atoms. The standard InChI is InChI=1S/C35H36Cl2N6O6/c1-18-15-41(34(46)49-35(3,4)5)16-19(2)42(18)33(45)29-31-30(43(40-29)25-10-23(36)9-24(37)11-25)27-12-26(28(47-6)8-22(27)17-48-31)20-7-21(32(38)44)14-39-13-20/h7-14,18-19H,15-17H2,1-6H3,(H2,38,44). The predicted octanol–water partition coefficient (Wildman–Crippen LogP) is 6.38. The second-order valence-electron chi connectivity index (χ2n) is 13.2. The van der Waals surface area contributed by atoms with Gasteiger partial charge in [0.2, 0.25) is 5.91 Å². The van der Waals surface area contributed by atoms with Crippen molar-refractivity contribution in [2.45, 2.75) is 58.9 Å². The summed E-state index contributed by atoms with van der Waals surface area (Å²) < 4.78 is 19.3. The number of ether oxygens (including phenoxy) is 3. The molecule has 14 heteroatoms. The first-order valence-corrected chi connectivity index (χ1v) is 16.4. The number of carbonyl (C=O) groups is 3. The minimum Gasteiger partial charge on any atom is -0.496 e. The van der Waals surface area contributed by atoms with Crippen LogP contribution in [-0.4, -0.2) is 80.4 Å². The van der Waals surface area contributed by atoms with E-state index in [2.05, 4.69) is 4.98 Å². The van der Waals surface area contributed by atoms with E-state index in [4.69, 9.17) is 48.2 Å². The normalized spacial score (nSPS) is 17.1. The number of methoxy groups -OCH3 is 1.